The standard InChI is InChI=1S/C9H16O2/c1-8(2)4-6(10)7-9(3,5-8)11-7/h6-7,10H,4-5H2,1-3H3/t6-,7+,9-/m0/s1. The van der Waals surface area contributed by atoms with Gasteiger partial charge >= 0.3 is 0 Å². The summed E-state index contributed by atoms with van der Waals surface area (Å²) in [5.41, 5.74) is 0.252. The fourth-order valence-corrected chi connectivity index (χ4v) is 2.58. The highest BCUT2D eigenvalue weighted by Gasteiger charge is 2.61. The van der Waals surface area contributed by atoms with Crippen LogP contribution in [0.5, 0.6) is 0 Å². The molecule has 1 aliphatic carbocycles. The van der Waals surface area contributed by atoms with E-state index < -0.39 is 0 Å². The lowest BCUT2D eigenvalue weighted by Gasteiger charge is -2.33. The minimum absolute atomic E-state index is 0.00116. The van der Waals surface area contributed by atoms with Crippen molar-refractivity contribution in [3.63, 3.8) is 0 Å². The number of hydrogen-bond acceptors (Lipinski definition) is 2. The third-order valence-electron chi connectivity index (χ3n) is 2.88. The van der Waals surface area contributed by atoms with Crippen LogP contribution in [0.15, 0.2) is 0 Å². The van der Waals surface area contributed by atoms with Crippen LogP contribution in [-0.2, 0) is 4.74 Å². The average Bonchev–Trinajstić information content (AvgIpc) is 2.36. The van der Waals surface area contributed by atoms with Crippen molar-refractivity contribution in [2.45, 2.75) is 51.4 Å². The largest absolute Gasteiger partial charge is 0.390 e. The number of aliphatic hydroxyl groups excluding tert-OH is 1. The predicted molar refractivity (Wildman–Crippen MR) is 42.3 cm³/mol. The molecule has 11 heavy (non-hydrogen) atoms. The maximum absolute atomic E-state index is 9.60. The van der Waals surface area contributed by atoms with Crippen molar-refractivity contribution < 1.29 is 9.84 Å². The molecule has 2 fully saturated rings. The zero-order chi connectivity index (χ0) is 8.28. The van der Waals surface area contributed by atoms with Crippen molar-refractivity contribution in [3.05, 3.63) is 0 Å². The number of fused-ring (bicyclic) bond motifs is 1. The van der Waals surface area contributed by atoms with E-state index in [1.165, 1.54) is 0 Å². The molecule has 64 valence electrons. The van der Waals surface area contributed by atoms with Gasteiger partial charge in [-0.1, -0.05) is 13.8 Å². The highest BCUT2D eigenvalue weighted by atomic mass is 16.6. The van der Waals surface area contributed by atoms with Crippen LogP contribution in [0.4, 0.5) is 0 Å². The van der Waals surface area contributed by atoms with E-state index in [-0.39, 0.29) is 23.2 Å². The normalized spacial score (nSPS) is 53.5. The first kappa shape index (κ1) is 7.56. The molecule has 1 heterocycles. The highest BCUT2D eigenvalue weighted by molar-refractivity contribution is 5.10. The second-order valence-corrected chi connectivity index (χ2v) is 4.96. The molecule has 1 saturated carbocycles. The third-order valence-corrected chi connectivity index (χ3v) is 2.88. The maximum atomic E-state index is 9.60. The van der Waals surface area contributed by atoms with Crippen LogP contribution in [-0.4, -0.2) is 22.9 Å². The minimum atomic E-state index is -0.233. The van der Waals surface area contributed by atoms with Crippen LogP contribution in [0.2, 0.25) is 0 Å². The third kappa shape index (κ3) is 1.09. The summed E-state index contributed by atoms with van der Waals surface area (Å²) in [6.45, 7) is 6.49. The molecule has 0 radical (unpaired) electrons. The molecule has 2 heteroatoms. The Morgan fingerprint density at radius 3 is 2.55 bits per heavy atom. The topological polar surface area (TPSA) is 32.8 Å². The maximum Gasteiger partial charge on any atom is 0.113 e. The minimum Gasteiger partial charge on any atom is -0.390 e. The molecule has 0 aromatic carbocycles. The molecule has 2 nitrogen and oxygen atoms in total. The summed E-state index contributed by atoms with van der Waals surface area (Å²) in [6, 6.07) is 0. The molecule has 2 rings (SSSR count). The second-order valence-electron chi connectivity index (χ2n) is 4.96. The Kier molecular flexibility index (Phi) is 1.24. The van der Waals surface area contributed by atoms with Crippen molar-refractivity contribution in [2.24, 2.45) is 5.41 Å². The summed E-state index contributed by atoms with van der Waals surface area (Å²) in [5.74, 6) is 0. The smallest absolute Gasteiger partial charge is 0.113 e. The van der Waals surface area contributed by atoms with Gasteiger partial charge in [0.05, 0.1) is 11.7 Å². The van der Waals surface area contributed by atoms with Crippen LogP contribution in [0, 0.1) is 5.41 Å². The van der Waals surface area contributed by atoms with E-state index in [9.17, 15) is 5.11 Å². The van der Waals surface area contributed by atoms with E-state index in [4.69, 9.17) is 4.74 Å². The Balaban J connectivity index is 2.15. The molecular weight excluding hydrogens is 140 g/mol. The first-order chi connectivity index (χ1) is 4.93. The molecule has 1 saturated heterocycles. The Hall–Kier alpha value is -0.0800. The van der Waals surface area contributed by atoms with Crippen LogP contribution in [0.25, 0.3) is 0 Å². The van der Waals surface area contributed by atoms with Gasteiger partial charge in [0.15, 0.2) is 0 Å². The highest BCUT2D eigenvalue weighted by Crippen LogP contribution is 2.53. The Morgan fingerprint density at radius 2 is 2.00 bits per heavy atom. The summed E-state index contributed by atoms with van der Waals surface area (Å²) in [5, 5.41) is 9.60. The molecule has 1 aliphatic heterocycles. The van der Waals surface area contributed by atoms with Gasteiger partial charge in [0, 0.05) is 0 Å². The van der Waals surface area contributed by atoms with Crippen molar-refractivity contribution in [1.29, 1.82) is 0 Å². The van der Waals surface area contributed by atoms with Gasteiger partial charge in [0.2, 0.25) is 0 Å². The lowest BCUT2D eigenvalue weighted by Crippen LogP contribution is -2.37. The number of hydrogen-bond donors (Lipinski definition) is 1. The summed E-state index contributed by atoms with van der Waals surface area (Å²) in [4.78, 5) is 0. The summed E-state index contributed by atoms with van der Waals surface area (Å²) in [6.07, 6.45) is 1.87. The van der Waals surface area contributed by atoms with E-state index in [0.717, 1.165) is 12.8 Å². The van der Waals surface area contributed by atoms with E-state index in [0.29, 0.717) is 0 Å². The predicted octanol–water partition coefficient (Wildman–Crippen LogP) is 1.32. The van der Waals surface area contributed by atoms with E-state index in [1.807, 2.05) is 0 Å². The van der Waals surface area contributed by atoms with Gasteiger partial charge < -0.3 is 9.84 Å². The van der Waals surface area contributed by atoms with Crippen LogP contribution >= 0.6 is 0 Å². The van der Waals surface area contributed by atoms with Crippen LogP contribution in [0.1, 0.15) is 33.6 Å². The molecular formula is C9H16O2. The Bertz CT molecular complexity index is 185. The monoisotopic (exact) mass is 156 g/mol. The SMILES string of the molecule is CC1(C)C[C@H](O)[C@H]2O[C@@]2(C)C1. The van der Waals surface area contributed by atoms with Gasteiger partial charge in [0.25, 0.3) is 0 Å². The van der Waals surface area contributed by atoms with Crippen molar-refractivity contribution >= 4 is 0 Å². The first-order valence-electron chi connectivity index (χ1n) is 4.29. The fourth-order valence-electron chi connectivity index (χ4n) is 2.58. The molecule has 0 spiro atoms. The van der Waals surface area contributed by atoms with Gasteiger partial charge in [0.1, 0.15) is 6.10 Å². The molecule has 0 amide bonds. The van der Waals surface area contributed by atoms with E-state index >= 15 is 0 Å². The molecule has 0 bridgehead atoms. The van der Waals surface area contributed by atoms with Crippen LogP contribution < -0.4 is 0 Å². The van der Waals surface area contributed by atoms with Gasteiger partial charge in [-0.05, 0) is 25.2 Å². The quantitative estimate of drug-likeness (QED) is 0.537. The first-order valence-corrected chi connectivity index (χ1v) is 4.29. The van der Waals surface area contributed by atoms with Crippen LogP contribution in [0.3, 0.4) is 0 Å². The molecule has 0 aromatic heterocycles. The summed E-state index contributed by atoms with van der Waals surface area (Å²) in [7, 11) is 0. The van der Waals surface area contributed by atoms with E-state index in [1.54, 1.807) is 0 Å². The zero-order valence-electron chi connectivity index (χ0n) is 7.42. The molecule has 1 N–H and O–H groups in total. The number of aliphatic hydroxyl groups is 1. The molecule has 3 atom stereocenters. The van der Waals surface area contributed by atoms with Crippen molar-refractivity contribution in [1.82, 2.24) is 0 Å². The van der Waals surface area contributed by atoms with E-state index in [2.05, 4.69) is 20.8 Å². The fraction of sp³-hybridized carbons (Fsp3) is 1.00. The number of rotatable bonds is 0. The second kappa shape index (κ2) is 1.80. The Labute approximate surface area is 67.6 Å². The average molecular weight is 156 g/mol. The van der Waals surface area contributed by atoms with Gasteiger partial charge in [-0.15, -0.1) is 0 Å². The van der Waals surface area contributed by atoms with Gasteiger partial charge in [-0.2, -0.15) is 0 Å². The molecule has 0 unspecified atom stereocenters. The van der Waals surface area contributed by atoms with Crippen molar-refractivity contribution in [3.8, 4) is 0 Å². The van der Waals surface area contributed by atoms with Gasteiger partial charge in [-0.25, -0.2) is 0 Å². The van der Waals surface area contributed by atoms with Gasteiger partial charge in [-0.3, -0.25) is 0 Å². The summed E-state index contributed by atoms with van der Waals surface area (Å²) >= 11 is 0. The lowest BCUT2D eigenvalue weighted by molar-refractivity contribution is 0.0705. The lowest BCUT2D eigenvalue weighted by atomic mass is 9.71. The molecule has 2 aliphatic rings. The van der Waals surface area contributed by atoms with Crippen molar-refractivity contribution in [2.75, 3.05) is 0 Å². The summed E-state index contributed by atoms with van der Waals surface area (Å²) < 4.78 is 5.46. The Morgan fingerprint density at radius 1 is 1.36 bits per heavy atom. The number of epoxide rings is 1. The number of ether oxygens (including phenoxy) is 1. The molecule has 0 aromatic rings. The zero-order valence-corrected chi connectivity index (χ0v) is 7.42.